The van der Waals surface area contributed by atoms with E-state index in [9.17, 15) is 14.7 Å². The largest absolute Gasteiger partial charge is 0.507 e. The number of rotatable bonds is 8. The van der Waals surface area contributed by atoms with Gasteiger partial charge in [-0.05, 0) is 51.3 Å². The highest BCUT2D eigenvalue weighted by Crippen LogP contribution is 2.43. The smallest absolute Gasteiger partial charge is 0.295 e. The summed E-state index contributed by atoms with van der Waals surface area (Å²) in [7, 11) is 6.90. The number of hydrogen-bond donors (Lipinski definition) is 1. The number of carbonyl (C=O) groups excluding carboxylic acids is 2. The second-order valence-electron chi connectivity index (χ2n) is 7.74. The number of carbonyl (C=O) groups is 2. The number of ketones is 1. The Morgan fingerprint density at radius 2 is 1.78 bits per heavy atom. The van der Waals surface area contributed by atoms with Gasteiger partial charge in [0.2, 0.25) is 0 Å². The normalized spacial score (nSPS) is 17.8. The first kappa shape index (κ1) is 23.6. The van der Waals surface area contributed by atoms with Crippen LogP contribution in [0.5, 0.6) is 11.5 Å². The Kier molecular flexibility index (Phi) is 7.43. The number of methoxy groups -OCH3 is 2. The number of hydrogen-bond acceptors (Lipinski definition) is 6. The van der Waals surface area contributed by atoms with E-state index in [1.54, 1.807) is 24.3 Å². The Morgan fingerprint density at radius 1 is 1.09 bits per heavy atom. The van der Waals surface area contributed by atoms with Gasteiger partial charge < -0.3 is 24.4 Å². The molecule has 170 valence electrons. The summed E-state index contributed by atoms with van der Waals surface area (Å²) >= 11 is 6.23. The van der Waals surface area contributed by atoms with E-state index < -0.39 is 17.7 Å². The molecule has 2 aromatic carbocycles. The van der Waals surface area contributed by atoms with E-state index in [0.717, 1.165) is 6.54 Å². The number of para-hydroxylation sites is 1. The molecule has 1 heterocycles. The van der Waals surface area contributed by atoms with Gasteiger partial charge in [0.25, 0.3) is 11.7 Å². The van der Waals surface area contributed by atoms with Crippen molar-refractivity contribution in [1.29, 1.82) is 0 Å². The molecule has 0 bridgehead atoms. The molecule has 1 aliphatic rings. The molecule has 1 amide bonds. The van der Waals surface area contributed by atoms with Crippen molar-refractivity contribution in [3.05, 3.63) is 64.2 Å². The first-order chi connectivity index (χ1) is 15.3. The Balaban J connectivity index is 2.15. The molecule has 1 fully saturated rings. The SMILES string of the molecule is COc1ccc(C(O)=C2C(=O)C(=O)N(CCCN(C)C)[C@@H]2c2ccccc2OC)cc1Cl. The van der Waals surface area contributed by atoms with Gasteiger partial charge in [-0.15, -0.1) is 0 Å². The summed E-state index contributed by atoms with van der Waals surface area (Å²) in [6.07, 6.45) is 0.667. The molecule has 7 nitrogen and oxygen atoms in total. The van der Waals surface area contributed by atoms with Crippen LogP contribution in [0, 0.1) is 0 Å². The lowest BCUT2D eigenvalue weighted by Crippen LogP contribution is -2.32. The number of benzene rings is 2. The molecule has 3 rings (SSSR count). The summed E-state index contributed by atoms with van der Waals surface area (Å²) in [4.78, 5) is 29.6. The van der Waals surface area contributed by atoms with Crippen molar-refractivity contribution in [2.75, 3.05) is 41.4 Å². The predicted octanol–water partition coefficient (Wildman–Crippen LogP) is 3.73. The van der Waals surface area contributed by atoms with E-state index in [1.807, 2.05) is 31.1 Å². The summed E-state index contributed by atoms with van der Waals surface area (Å²) < 4.78 is 10.7. The van der Waals surface area contributed by atoms with Crippen LogP contribution in [0.3, 0.4) is 0 Å². The van der Waals surface area contributed by atoms with Crippen LogP contribution in [-0.2, 0) is 9.59 Å². The molecule has 2 aromatic rings. The minimum absolute atomic E-state index is 0.00517. The van der Waals surface area contributed by atoms with E-state index >= 15 is 0 Å². The quantitative estimate of drug-likeness (QED) is 0.369. The number of amides is 1. The molecule has 0 unspecified atom stereocenters. The predicted molar refractivity (Wildman–Crippen MR) is 123 cm³/mol. The summed E-state index contributed by atoms with van der Waals surface area (Å²) in [5.41, 5.74) is 0.952. The molecule has 8 heteroatoms. The van der Waals surface area contributed by atoms with Crippen LogP contribution < -0.4 is 9.47 Å². The maximum Gasteiger partial charge on any atom is 0.295 e. The van der Waals surface area contributed by atoms with E-state index in [0.29, 0.717) is 35.6 Å². The Morgan fingerprint density at radius 3 is 2.41 bits per heavy atom. The maximum atomic E-state index is 13.1. The van der Waals surface area contributed by atoms with Crippen LogP contribution in [0.25, 0.3) is 5.76 Å². The number of aliphatic hydroxyl groups excluding tert-OH is 1. The summed E-state index contributed by atoms with van der Waals surface area (Å²) in [5, 5.41) is 11.4. The third-order valence-electron chi connectivity index (χ3n) is 5.40. The van der Waals surface area contributed by atoms with E-state index in [1.165, 1.54) is 25.2 Å². The summed E-state index contributed by atoms with van der Waals surface area (Å²) in [6.45, 7) is 1.10. The van der Waals surface area contributed by atoms with E-state index in [2.05, 4.69) is 0 Å². The van der Waals surface area contributed by atoms with Gasteiger partial charge in [0.05, 0.1) is 30.9 Å². The zero-order valence-corrected chi connectivity index (χ0v) is 19.3. The lowest BCUT2D eigenvalue weighted by molar-refractivity contribution is -0.140. The third-order valence-corrected chi connectivity index (χ3v) is 5.70. The van der Waals surface area contributed by atoms with Gasteiger partial charge in [-0.3, -0.25) is 9.59 Å². The van der Waals surface area contributed by atoms with Crippen molar-refractivity contribution in [3.8, 4) is 11.5 Å². The highest BCUT2D eigenvalue weighted by atomic mass is 35.5. The van der Waals surface area contributed by atoms with Crippen LogP contribution in [0.2, 0.25) is 5.02 Å². The average molecular weight is 459 g/mol. The maximum absolute atomic E-state index is 13.1. The summed E-state index contributed by atoms with van der Waals surface area (Å²) in [5.74, 6) is -0.723. The molecule has 0 aliphatic carbocycles. The molecule has 32 heavy (non-hydrogen) atoms. The van der Waals surface area contributed by atoms with Crippen LogP contribution in [0.15, 0.2) is 48.0 Å². The Bertz CT molecular complexity index is 1050. The van der Waals surface area contributed by atoms with Gasteiger partial charge >= 0.3 is 0 Å². The minimum atomic E-state index is -0.783. The summed E-state index contributed by atoms with van der Waals surface area (Å²) in [6, 6.07) is 11.1. The Hall–Kier alpha value is -3.03. The van der Waals surface area contributed by atoms with Crippen molar-refractivity contribution in [2.24, 2.45) is 0 Å². The van der Waals surface area contributed by atoms with E-state index in [4.69, 9.17) is 21.1 Å². The monoisotopic (exact) mass is 458 g/mol. The van der Waals surface area contributed by atoms with Crippen molar-refractivity contribution in [3.63, 3.8) is 0 Å². The first-order valence-corrected chi connectivity index (χ1v) is 10.6. The van der Waals surface area contributed by atoms with Crippen molar-refractivity contribution < 1.29 is 24.2 Å². The minimum Gasteiger partial charge on any atom is -0.507 e. The fraction of sp³-hybridized carbons (Fsp3) is 0.333. The molecular weight excluding hydrogens is 432 g/mol. The average Bonchev–Trinajstić information content (AvgIpc) is 3.03. The molecule has 1 saturated heterocycles. The van der Waals surface area contributed by atoms with Crippen molar-refractivity contribution in [2.45, 2.75) is 12.5 Å². The second-order valence-corrected chi connectivity index (χ2v) is 8.15. The van der Waals surface area contributed by atoms with Gasteiger partial charge in [0.15, 0.2) is 0 Å². The van der Waals surface area contributed by atoms with Crippen molar-refractivity contribution >= 4 is 29.1 Å². The van der Waals surface area contributed by atoms with Crippen LogP contribution in [-0.4, -0.2) is 68.0 Å². The van der Waals surface area contributed by atoms with Gasteiger partial charge in [0, 0.05) is 17.7 Å². The van der Waals surface area contributed by atoms with Crippen LogP contribution >= 0.6 is 11.6 Å². The molecule has 0 aromatic heterocycles. The molecule has 0 spiro atoms. The standard InChI is InChI=1S/C24H27ClN2O5/c1-26(2)12-7-13-27-21(16-8-5-6-9-18(16)31-3)20(23(29)24(27)30)22(28)15-10-11-19(32-4)17(25)14-15/h5-6,8-11,14,21,28H,7,12-13H2,1-4H3/t21-/m1/s1. The topological polar surface area (TPSA) is 79.3 Å². The van der Waals surface area contributed by atoms with Gasteiger partial charge in [-0.25, -0.2) is 0 Å². The Labute approximate surface area is 192 Å². The van der Waals surface area contributed by atoms with E-state index in [-0.39, 0.29) is 16.4 Å². The number of likely N-dealkylation sites (tertiary alicyclic amines) is 1. The first-order valence-electron chi connectivity index (χ1n) is 10.2. The number of ether oxygens (including phenoxy) is 2. The molecular formula is C24H27ClN2O5. The number of aliphatic hydroxyl groups is 1. The molecule has 1 atom stereocenters. The van der Waals surface area contributed by atoms with Gasteiger partial charge in [-0.2, -0.15) is 0 Å². The molecule has 1 aliphatic heterocycles. The van der Waals surface area contributed by atoms with Crippen molar-refractivity contribution in [1.82, 2.24) is 9.80 Å². The van der Waals surface area contributed by atoms with Crippen LogP contribution in [0.4, 0.5) is 0 Å². The third kappa shape index (κ3) is 4.59. The zero-order chi connectivity index (χ0) is 23.4. The molecule has 0 radical (unpaired) electrons. The highest BCUT2D eigenvalue weighted by molar-refractivity contribution is 6.46. The lowest BCUT2D eigenvalue weighted by Gasteiger charge is -2.27. The van der Waals surface area contributed by atoms with Gasteiger partial charge in [-0.1, -0.05) is 29.8 Å². The van der Waals surface area contributed by atoms with Crippen LogP contribution in [0.1, 0.15) is 23.6 Å². The number of Topliss-reactive ketones (excluding diaryl/α,β-unsaturated/α-hetero) is 1. The zero-order valence-electron chi connectivity index (χ0n) is 18.6. The van der Waals surface area contributed by atoms with Gasteiger partial charge in [0.1, 0.15) is 17.3 Å². The highest BCUT2D eigenvalue weighted by Gasteiger charge is 2.46. The fourth-order valence-corrected chi connectivity index (χ4v) is 4.11. The second kappa shape index (κ2) is 10.1. The molecule has 0 saturated carbocycles. The number of halogens is 1. The lowest BCUT2D eigenvalue weighted by atomic mass is 9.94. The number of nitrogens with zero attached hydrogens (tertiary/aromatic N) is 2. The fourth-order valence-electron chi connectivity index (χ4n) is 3.85. The molecule has 1 N–H and O–H groups in total.